The SMILES string of the molecule is COc1ccc(CCN2CN(C(C(=O)NC3C(=O)N4C(C(=O)O)=C(C)CSC34)c3ccccc3)CSC2=S)cc1OC. The standard InChI is InChI=1S/C29H32N4O6S3/c1-17-14-41-27-22(26(35)33(27)23(17)28(36)37)30-25(34)24(19-7-5-4-6-8-19)32-15-31(29(40)42-16-32)12-11-18-9-10-20(38-2)21(13-18)39-3/h4-10,13,22,24,27H,11-12,14-16H2,1-3H3,(H,30,34)(H,36,37). The number of aliphatic carboxylic acids is 1. The van der Waals surface area contributed by atoms with Crippen molar-refractivity contribution in [2.45, 2.75) is 30.8 Å². The Balaban J connectivity index is 1.31. The van der Waals surface area contributed by atoms with Crippen LogP contribution in [0.5, 0.6) is 11.5 Å². The second-order valence-electron chi connectivity index (χ2n) is 10.1. The summed E-state index contributed by atoms with van der Waals surface area (Å²) in [6.45, 7) is 2.78. The van der Waals surface area contributed by atoms with E-state index in [4.69, 9.17) is 21.7 Å². The highest BCUT2D eigenvalue weighted by molar-refractivity contribution is 8.22. The van der Waals surface area contributed by atoms with Crippen molar-refractivity contribution in [2.75, 3.05) is 39.1 Å². The van der Waals surface area contributed by atoms with Crippen LogP contribution in [-0.4, -0.2) is 92.4 Å². The largest absolute Gasteiger partial charge is 0.493 e. The molecule has 0 bridgehead atoms. The highest BCUT2D eigenvalue weighted by Crippen LogP contribution is 2.40. The van der Waals surface area contributed by atoms with Gasteiger partial charge in [0.2, 0.25) is 5.91 Å². The van der Waals surface area contributed by atoms with E-state index in [9.17, 15) is 19.5 Å². The lowest BCUT2D eigenvalue weighted by molar-refractivity contribution is -0.151. The number of carbonyl (C=O) groups is 3. The van der Waals surface area contributed by atoms with Gasteiger partial charge in [-0.25, -0.2) is 4.79 Å². The number of nitrogens with one attached hydrogen (secondary N) is 1. The molecule has 3 atom stereocenters. The minimum Gasteiger partial charge on any atom is -0.493 e. The molecule has 3 heterocycles. The number of hydrogen-bond acceptors (Lipinski definition) is 9. The maximum absolute atomic E-state index is 13.9. The minimum atomic E-state index is -1.13. The first-order chi connectivity index (χ1) is 20.2. The van der Waals surface area contributed by atoms with Crippen molar-refractivity contribution in [1.82, 2.24) is 20.0 Å². The van der Waals surface area contributed by atoms with Gasteiger partial charge in [0.15, 0.2) is 11.5 Å². The Morgan fingerprint density at radius 3 is 2.57 bits per heavy atom. The van der Waals surface area contributed by atoms with E-state index in [0.717, 1.165) is 15.4 Å². The molecule has 42 heavy (non-hydrogen) atoms. The van der Waals surface area contributed by atoms with Crippen LogP contribution < -0.4 is 14.8 Å². The molecule has 2 amide bonds. The van der Waals surface area contributed by atoms with E-state index in [2.05, 4.69) is 10.2 Å². The van der Waals surface area contributed by atoms with Crippen LogP contribution in [0, 0.1) is 0 Å². The first-order valence-corrected chi connectivity index (χ1v) is 15.8. The molecule has 2 N–H and O–H groups in total. The van der Waals surface area contributed by atoms with Crippen LogP contribution in [0.3, 0.4) is 0 Å². The van der Waals surface area contributed by atoms with Gasteiger partial charge in [0.05, 0.1) is 26.8 Å². The molecule has 3 unspecified atom stereocenters. The number of amides is 2. The number of hydrogen-bond donors (Lipinski definition) is 2. The quantitative estimate of drug-likeness (QED) is 0.299. The van der Waals surface area contributed by atoms with Crippen LogP contribution in [0.15, 0.2) is 59.8 Å². The molecular weight excluding hydrogens is 597 g/mol. The van der Waals surface area contributed by atoms with E-state index in [0.29, 0.717) is 48.3 Å². The Hall–Kier alpha value is -3.26. The van der Waals surface area contributed by atoms with Crippen LogP contribution in [0.2, 0.25) is 0 Å². The summed E-state index contributed by atoms with van der Waals surface area (Å²) in [6, 6.07) is 13.8. The minimum absolute atomic E-state index is 0.0138. The molecule has 0 spiro atoms. The monoisotopic (exact) mass is 628 g/mol. The average Bonchev–Trinajstić information content (AvgIpc) is 3.00. The van der Waals surface area contributed by atoms with Crippen molar-refractivity contribution in [3.05, 3.63) is 70.9 Å². The van der Waals surface area contributed by atoms with Crippen molar-refractivity contribution in [2.24, 2.45) is 0 Å². The number of benzene rings is 2. The highest BCUT2D eigenvalue weighted by Gasteiger charge is 2.54. The van der Waals surface area contributed by atoms with E-state index >= 15 is 0 Å². The maximum Gasteiger partial charge on any atom is 0.352 e. The Labute approximate surface area is 258 Å². The van der Waals surface area contributed by atoms with Crippen molar-refractivity contribution < 1.29 is 29.0 Å². The molecule has 2 saturated heterocycles. The number of rotatable bonds is 10. The zero-order chi connectivity index (χ0) is 30.0. The first kappa shape index (κ1) is 30.2. The summed E-state index contributed by atoms with van der Waals surface area (Å²) in [4.78, 5) is 44.2. The summed E-state index contributed by atoms with van der Waals surface area (Å²) < 4.78 is 11.5. The summed E-state index contributed by atoms with van der Waals surface area (Å²) in [5.74, 6) is 0.471. The van der Waals surface area contributed by atoms with Crippen LogP contribution in [0.4, 0.5) is 0 Å². The van der Waals surface area contributed by atoms with Crippen molar-refractivity contribution >= 4 is 57.8 Å². The number of methoxy groups -OCH3 is 2. The van der Waals surface area contributed by atoms with Crippen LogP contribution in [-0.2, 0) is 20.8 Å². The number of thioether (sulfide) groups is 2. The third-order valence-electron chi connectivity index (χ3n) is 7.47. The van der Waals surface area contributed by atoms with E-state index in [1.165, 1.54) is 28.4 Å². The molecule has 13 heteroatoms. The Kier molecular flexibility index (Phi) is 9.31. The zero-order valence-corrected chi connectivity index (χ0v) is 25.9. The van der Waals surface area contributed by atoms with E-state index in [-0.39, 0.29) is 11.6 Å². The van der Waals surface area contributed by atoms with Gasteiger partial charge in [-0.2, -0.15) is 0 Å². The van der Waals surface area contributed by atoms with Crippen molar-refractivity contribution in [3.63, 3.8) is 0 Å². The van der Waals surface area contributed by atoms with Gasteiger partial charge >= 0.3 is 5.97 Å². The fourth-order valence-electron chi connectivity index (χ4n) is 5.34. The normalized spacial score (nSPS) is 21.4. The molecule has 0 aromatic heterocycles. The number of ether oxygens (including phenoxy) is 2. The van der Waals surface area contributed by atoms with Gasteiger partial charge < -0.3 is 24.8 Å². The van der Waals surface area contributed by atoms with E-state index < -0.39 is 29.3 Å². The Morgan fingerprint density at radius 2 is 1.88 bits per heavy atom. The number of nitrogens with zero attached hydrogens (tertiary/aromatic N) is 3. The lowest BCUT2D eigenvalue weighted by atomic mass is 10.0. The number of carboxylic acids is 1. The molecule has 3 aliphatic heterocycles. The molecule has 2 fully saturated rings. The number of carboxylic acid groups (broad SMARTS) is 1. The molecular formula is C29H32N4O6S3. The Morgan fingerprint density at radius 1 is 1.14 bits per heavy atom. The van der Waals surface area contributed by atoms with Gasteiger partial charge in [-0.15, -0.1) is 11.8 Å². The highest BCUT2D eigenvalue weighted by atomic mass is 32.2. The second-order valence-corrected chi connectivity index (χ2v) is 12.8. The molecule has 0 aliphatic carbocycles. The summed E-state index contributed by atoms with van der Waals surface area (Å²) in [5, 5.41) is 12.2. The van der Waals surface area contributed by atoms with Gasteiger partial charge in [-0.05, 0) is 42.2 Å². The van der Waals surface area contributed by atoms with Gasteiger partial charge in [0, 0.05) is 12.3 Å². The van der Waals surface area contributed by atoms with Gasteiger partial charge in [0.1, 0.15) is 27.5 Å². The van der Waals surface area contributed by atoms with Crippen LogP contribution >= 0.6 is 35.7 Å². The summed E-state index contributed by atoms with van der Waals surface area (Å²) >= 11 is 8.63. The number of carbonyl (C=O) groups excluding carboxylic acids is 2. The van der Waals surface area contributed by atoms with Crippen LogP contribution in [0.25, 0.3) is 0 Å². The van der Waals surface area contributed by atoms with Gasteiger partial charge in [-0.3, -0.25) is 19.4 Å². The van der Waals surface area contributed by atoms with Crippen molar-refractivity contribution in [3.8, 4) is 11.5 Å². The maximum atomic E-state index is 13.9. The molecule has 2 aromatic rings. The number of β-lactam (4-membered cyclic amide) rings is 1. The predicted octanol–water partition coefficient (Wildman–Crippen LogP) is 3.30. The number of thiocarbonyl (C=S) groups is 1. The fourth-order valence-corrected chi connectivity index (χ4v) is 7.77. The Bertz CT molecular complexity index is 1420. The smallest absolute Gasteiger partial charge is 0.352 e. The lowest BCUT2D eigenvalue weighted by Crippen LogP contribution is -2.71. The molecule has 10 nitrogen and oxygen atoms in total. The number of fused-ring (bicyclic) bond motifs is 1. The molecule has 2 aromatic carbocycles. The molecule has 0 radical (unpaired) electrons. The summed E-state index contributed by atoms with van der Waals surface area (Å²) in [6.07, 6.45) is 0.710. The second kappa shape index (κ2) is 12.9. The van der Waals surface area contributed by atoms with E-state index in [1.54, 1.807) is 21.1 Å². The molecule has 5 rings (SSSR count). The average molecular weight is 629 g/mol. The third-order valence-corrected chi connectivity index (χ3v) is 10.5. The van der Waals surface area contributed by atoms with Gasteiger partial charge in [0.25, 0.3) is 5.91 Å². The lowest BCUT2D eigenvalue weighted by Gasteiger charge is -2.49. The summed E-state index contributed by atoms with van der Waals surface area (Å²) in [7, 11) is 3.21. The molecule has 3 aliphatic rings. The van der Waals surface area contributed by atoms with Crippen LogP contribution in [0.1, 0.15) is 24.1 Å². The van der Waals surface area contributed by atoms with Crippen molar-refractivity contribution in [1.29, 1.82) is 0 Å². The fraction of sp³-hybridized carbons (Fsp3) is 0.379. The topological polar surface area (TPSA) is 112 Å². The van der Waals surface area contributed by atoms with Gasteiger partial charge in [-0.1, -0.05) is 60.4 Å². The zero-order valence-electron chi connectivity index (χ0n) is 23.4. The predicted molar refractivity (Wildman–Crippen MR) is 166 cm³/mol. The molecule has 222 valence electrons. The first-order valence-electron chi connectivity index (χ1n) is 13.3. The molecule has 0 saturated carbocycles. The summed E-state index contributed by atoms with van der Waals surface area (Å²) in [5.41, 5.74) is 2.52. The van der Waals surface area contributed by atoms with E-state index in [1.807, 2.05) is 53.4 Å². The third kappa shape index (κ3) is 5.96.